The maximum atomic E-state index is 14.2. The van der Waals surface area contributed by atoms with Crippen LogP contribution in [-0.2, 0) is 22.6 Å². The molecular weight excluding hydrogens is 562 g/mol. The second-order valence-electron chi connectivity index (χ2n) is 12.5. The van der Waals surface area contributed by atoms with Crippen molar-refractivity contribution >= 4 is 28.2 Å². The predicted molar refractivity (Wildman–Crippen MR) is 164 cm³/mol. The molecule has 0 spiro atoms. The zero-order valence-corrected chi connectivity index (χ0v) is 25.0. The number of carbonyl (C=O) groups is 3. The molecule has 0 heterocycles. The van der Waals surface area contributed by atoms with E-state index < -0.39 is 58.0 Å². The van der Waals surface area contributed by atoms with Crippen LogP contribution in [0.1, 0.15) is 27.9 Å². The number of ketones is 2. The molecule has 0 saturated heterocycles. The maximum Gasteiger partial charge on any atom is 0.255 e. The monoisotopic (exact) mass is 597 g/mol. The summed E-state index contributed by atoms with van der Waals surface area (Å²) in [6.07, 6.45) is 0.245. The van der Waals surface area contributed by atoms with E-state index in [2.05, 4.69) is 17.0 Å². The van der Waals surface area contributed by atoms with Gasteiger partial charge in [-0.1, -0.05) is 42.5 Å². The molecule has 0 saturated carbocycles. The highest BCUT2D eigenvalue weighted by molar-refractivity contribution is 6.25. The number of benzene rings is 3. The molecule has 3 aromatic rings. The summed E-state index contributed by atoms with van der Waals surface area (Å²) in [5.41, 5.74) is 5.09. The van der Waals surface area contributed by atoms with E-state index in [4.69, 9.17) is 5.73 Å². The van der Waals surface area contributed by atoms with Crippen LogP contribution in [-0.4, -0.2) is 87.5 Å². The normalized spacial score (nSPS) is 25.0. The molecule has 6 rings (SSSR count). The molecule has 3 aromatic carbocycles. The number of aliphatic hydroxyl groups is 3. The number of carbonyl (C=O) groups excluding carboxylic acids is 3. The summed E-state index contributed by atoms with van der Waals surface area (Å²) in [6, 6.07) is 14.2. The Bertz CT molecular complexity index is 1840. The molecule has 44 heavy (non-hydrogen) atoms. The van der Waals surface area contributed by atoms with Crippen molar-refractivity contribution in [2.75, 3.05) is 28.2 Å². The number of aliphatic hydroxyl groups excluding tert-OH is 2. The van der Waals surface area contributed by atoms with Crippen molar-refractivity contribution in [2.45, 2.75) is 31.0 Å². The molecule has 3 aliphatic rings. The van der Waals surface area contributed by atoms with E-state index in [1.807, 2.05) is 38.4 Å². The summed E-state index contributed by atoms with van der Waals surface area (Å²) < 4.78 is 0. The molecule has 0 fully saturated rings. The van der Waals surface area contributed by atoms with E-state index >= 15 is 0 Å². The Balaban J connectivity index is 1.55. The lowest BCUT2D eigenvalue weighted by Crippen LogP contribution is -2.63. The van der Waals surface area contributed by atoms with E-state index in [0.717, 1.165) is 34.0 Å². The minimum atomic E-state index is -2.67. The summed E-state index contributed by atoms with van der Waals surface area (Å²) in [5.74, 6) is -6.70. The minimum absolute atomic E-state index is 0.00951. The lowest BCUT2D eigenvalue weighted by atomic mass is 9.58. The zero-order chi connectivity index (χ0) is 31.8. The maximum absolute atomic E-state index is 14.2. The van der Waals surface area contributed by atoms with Crippen LogP contribution in [0.3, 0.4) is 0 Å². The van der Waals surface area contributed by atoms with E-state index in [0.29, 0.717) is 5.56 Å². The summed E-state index contributed by atoms with van der Waals surface area (Å²) >= 11 is 0. The topological polar surface area (TPSA) is 165 Å². The van der Waals surface area contributed by atoms with E-state index in [-0.39, 0.29) is 29.7 Å². The standard InChI is InChI=1S/C34H35N3O7/c1-36(2)15-16-9-10-20(19-8-6-5-7-18(16)19)21-11-12-24(38)26-22(21)13-17-14-23-28(37(3)4)30(40)27(33(35)43)32(42)34(23,44)31(41)25(17)29(26)39/h5-12,17,23,28,38,40-41,44H,13-15H2,1-4H3,(H2,35,43). The number of likely N-dealkylation sites (N-methyl/N-ethyl adjacent to an activating group) is 1. The number of allylic oxidation sites excluding steroid dienone is 1. The van der Waals surface area contributed by atoms with E-state index in [1.165, 1.54) is 11.0 Å². The van der Waals surface area contributed by atoms with Gasteiger partial charge >= 0.3 is 0 Å². The van der Waals surface area contributed by atoms with Gasteiger partial charge in [0.2, 0.25) is 5.78 Å². The number of rotatable bonds is 5. The lowest BCUT2D eigenvalue weighted by Gasteiger charge is -2.50. The molecule has 0 aliphatic heterocycles. The number of primary amides is 1. The Morgan fingerprint density at radius 3 is 2.25 bits per heavy atom. The molecular formula is C34H35N3O7. The highest BCUT2D eigenvalue weighted by atomic mass is 16.3. The SMILES string of the molecule is CN(C)Cc1ccc(-c2ccc(O)c3c2CC2CC4C(N(C)C)C(O)=C(C(N)=O)C(=O)C4(O)C(O)=C2C3=O)c2ccccc12. The fourth-order valence-corrected chi connectivity index (χ4v) is 7.58. The second-order valence-corrected chi connectivity index (χ2v) is 12.5. The fraction of sp³-hybridized carbons (Fsp3) is 0.324. The van der Waals surface area contributed by atoms with Gasteiger partial charge < -0.3 is 31.1 Å². The quantitative estimate of drug-likeness (QED) is 0.278. The molecule has 0 radical (unpaired) electrons. The van der Waals surface area contributed by atoms with Crippen molar-refractivity contribution in [1.29, 1.82) is 0 Å². The minimum Gasteiger partial charge on any atom is -0.510 e. The first-order valence-corrected chi connectivity index (χ1v) is 14.4. The summed E-state index contributed by atoms with van der Waals surface area (Å²) in [4.78, 5) is 43.5. The van der Waals surface area contributed by atoms with Gasteiger partial charge in [-0.3, -0.25) is 19.3 Å². The molecule has 3 aliphatic carbocycles. The number of nitrogens with two attached hydrogens (primary N) is 1. The molecule has 4 atom stereocenters. The number of phenols is 1. The van der Waals surface area contributed by atoms with Gasteiger partial charge in [-0.15, -0.1) is 0 Å². The first-order valence-electron chi connectivity index (χ1n) is 14.4. The van der Waals surface area contributed by atoms with Crippen LogP contribution < -0.4 is 5.73 Å². The molecule has 10 heteroatoms. The first kappa shape index (κ1) is 29.6. The number of hydrogen-bond donors (Lipinski definition) is 5. The van der Waals surface area contributed by atoms with Crippen molar-refractivity contribution in [3.05, 3.63) is 87.9 Å². The fourth-order valence-electron chi connectivity index (χ4n) is 7.58. The van der Waals surface area contributed by atoms with Crippen molar-refractivity contribution in [3.8, 4) is 16.9 Å². The van der Waals surface area contributed by atoms with Crippen molar-refractivity contribution in [2.24, 2.45) is 17.6 Å². The van der Waals surface area contributed by atoms with Crippen LogP contribution in [0, 0.1) is 11.8 Å². The third-order valence-electron chi connectivity index (χ3n) is 9.40. The van der Waals surface area contributed by atoms with Gasteiger partial charge in [0, 0.05) is 18.0 Å². The number of amides is 1. The van der Waals surface area contributed by atoms with Crippen LogP contribution in [0.5, 0.6) is 5.75 Å². The molecule has 10 nitrogen and oxygen atoms in total. The zero-order valence-electron chi connectivity index (χ0n) is 25.0. The number of phenolic OH excluding ortho intramolecular Hbond substituents is 1. The number of nitrogens with zero attached hydrogens (tertiary/aromatic N) is 2. The smallest absolute Gasteiger partial charge is 0.255 e. The molecule has 1 amide bonds. The van der Waals surface area contributed by atoms with E-state index in [9.17, 15) is 34.8 Å². The van der Waals surface area contributed by atoms with Gasteiger partial charge in [0.25, 0.3) is 5.91 Å². The summed E-state index contributed by atoms with van der Waals surface area (Å²) in [6.45, 7) is 0.733. The lowest BCUT2D eigenvalue weighted by molar-refractivity contribution is -0.148. The van der Waals surface area contributed by atoms with E-state index in [1.54, 1.807) is 20.2 Å². The third kappa shape index (κ3) is 4.09. The van der Waals surface area contributed by atoms with Gasteiger partial charge in [-0.05, 0) is 86.0 Å². The number of aromatic hydroxyl groups is 1. The van der Waals surface area contributed by atoms with Gasteiger partial charge in [-0.25, -0.2) is 0 Å². The average molecular weight is 598 g/mol. The van der Waals surface area contributed by atoms with Gasteiger partial charge in [-0.2, -0.15) is 0 Å². The molecule has 4 unspecified atom stereocenters. The Morgan fingerprint density at radius 2 is 1.61 bits per heavy atom. The molecule has 0 bridgehead atoms. The third-order valence-corrected chi connectivity index (χ3v) is 9.40. The van der Waals surface area contributed by atoms with Crippen LogP contribution in [0.4, 0.5) is 0 Å². The highest BCUT2D eigenvalue weighted by Gasteiger charge is 2.63. The molecule has 228 valence electrons. The Kier molecular flexibility index (Phi) is 6.92. The van der Waals surface area contributed by atoms with Crippen LogP contribution in [0.2, 0.25) is 0 Å². The Labute approximate surface area is 254 Å². The highest BCUT2D eigenvalue weighted by Crippen LogP contribution is 2.53. The van der Waals surface area contributed by atoms with Crippen molar-refractivity contribution in [3.63, 3.8) is 0 Å². The predicted octanol–water partition coefficient (Wildman–Crippen LogP) is 3.00. The second kappa shape index (κ2) is 10.3. The largest absolute Gasteiger partial charge is 0.510 e. The molecule has 0 aromatic heterocycles. The van der Waals surface area contributed by atoms with Crippen molar-refractivity contribution in [1.82, 2.24) is 9.80 Å². The van der Waals surface area contributed by atoms with Gasteiger partial charge in [0.1, 0.15) is 22.8 Å². The average Bonchev–Trinajstić information content (AvgIpc) is 2.95. The summed E-state index contributed by atoms with van der Waals surface area (Å²) in [7, 11) is 7.21. The molecule has 6 N–H and O–H groups in total. The van der Waals surface area contributed by atoms with Crippen molar-refractivity contribution < 1.29 is 34.8 Å². The van der Waals surface area contributed by atoms with Crippen LogP contribution >= 0.6 is 0 Å². The van der Waals surface area contributed by atoms with Crippen LogP contribution in [0.15, 0.2) is 71.2 Å². The Morgan fingerprint density at radius 1 is 0.955 bits per heavy atom. The number of hydrogen-bond acceptors (Lipinski definition) is 9. The van der Waals surface area contributed by atoms with Gasteiger partial charge in [0.05, 0.1) is 11.6 Å². The Hall–Kier alpha value is -4.51. The first-order chi connectivity index (χ1) is 20.8. The van der Waals surface area contributed by atoms with Crippen LogP contribution in [0.25, 0.3) is 21.9 Å². The number of fused-ring (bicyclic) bond motifs is 4. The summed E-state index contributed by atoms with van der Waals surface area (Å²) in [5, 5.41) is 47.4. The number of Topliss-reactive ketones (excluding diaryl/α,β-unsaturated/α-hetero) is 2. The van der Waals surface area contributed by atoms with Gasteiger partial charge in [0.15, 0.2) is 11.4 Å².